The zero-order chi connectivity index (χ0) is 15.5. The molecule has 4 aliphatic rings. The highest BCUT2D eigenvalue weighted by atomic mass is 16.1. The number of rotatable bonds is 1. The van der Waals surface area contributed by atoms with Crippen molar-refractivity contribution in [3.8, 4) is 0 Å². The molecule has 0 heterocycles. The Labute approximate surface area is 135 Å². The van der Waals surface area contributed by atoms with Crippen LogP contribution in [0.25, 0.3) is 0 Å². The third kappa shape index (κ3) is 1.88. The van der Waals surface area contributed by atoms with Crippen molar-refractivity contribution >= 4 is 5.91 Å². The number of fused-ring (bicyclic) bond motifs is 5. The van der Waals surface area contributed by atoms with Crippen LogP contribution in [0.4, 0.5) is 0 Å². The van der Waals surface area contributed by atoms with Crippen molar-refractivity contribution in [2.45, 2.75) is 78.1 Å². The monoisotopic (exact) mass is 303 g/mol. The predicted octanol–water partition coefficient (Wildman–Crippen LogP) is 4.52. The highest BCUT2D eigenvalue weighted by Gasteiger charge is 2.60. The number of primary amides is 1. The summed E-state index contributed by atoms with van der Waals surface area (Å²) in [4.78, 5) is 12.2. The van der Waals surface area contributed by atoms with E-state index in [0.717, 1.165) is 30.1 Å². The van der Waals surface area contributed by atoms with E-state index in [4.69, 9.17) is 5.73 Å². The van der Waals surface area contributed by atoms with Crippen LogP contribution < -0.4 is 5.73 Å². The van der Waals surface area contributed by atoms with Crippen LogP contribution in [-0.2, 0) is 4.79 Å². The van der Waals surface area contributed by atoms with Crippen molar-refractivity contribution in [1.29, 1.82) is 0 Å². The summed E-state index contributed by atoms with van der Waals surface area (Å²) in [6.45, 7) is 5.02. The van der Waals surface area contributed by atoms with Gasteiger partial charge in [0.25, 0.3) is 0 Å². The number of carbonyl (C=O) groups excluding carboxylic acids is 1. The Balaban J connectivity index is 1.70. The van der Waals surface area contributed by atoms with Crippen molar-refractivity contribution in [1.82, 2.24) is 0 Å². The molecule has 0 aliphatic heterocycles. The van der Waals surface area contributed by atoms with Gasteiger partial charge in [0.05, 0.1) is 0 Å². The first-order valence-electron chi connectivity index (χ1n) is 9.76. The molecule has 0 bridgehead atoms. The van der Waals surface area contributed by atoms with Crippen LogP contribution in [0.15, 0.2) is 0 Å². The molecule has 2 heteroatoms. The maximum atomic E-state index is 12.2. The largest absolute Gasteiger partial charge is 0.369 e. The lowest BCUT2D eigenvalue weighted by molar-refractivity contribution is -0.153. The van der Waals surface area contributed by atoms with Crippen LogP contribution in [0.3, 0.4) is 0 Å². The lowest BCUT2D eigenvalue weighted by Crippen LogP contribution is -2.57. The Morgan fingerprint density at radius 3 is 2.50 bits per heavy atom. The van der Waals surface area contributed by atoms with E-state index in [1.165, 1.54) is 57.8 Å². The Morgan fingerprint density at radius 2 is 1.73 bits per heavy atom. The van der Waals surface area contributed by atoms with Gasteiger partial charge in [-0.15, -0.1) is 0 Å². The summed E-state index contributed by atoms with van der Waals surface area (Å²) >= 11 is 0. The fourth-order valence-electron chi connectivity index (χ4n) is 7.79. The molecular formula is C20H33NO. The van der Waals surface area contributed by atoms with Gasteiger partial charge in [0.2, 0.25) is 5.91 Å². The molecule has 2 nitrogen and oxygen atoms in total. The van der Waals surface area contributed by atoms with Crippen molar-refractivity contribution < 1.29 is 4.79 Å². The third-order valence-corrected chi connectivity index (χ3v) is 8.89. The van der Waals surface area contributed by atoms with Gasteiger partial charge in [0.15, 0.2) is 0 Å². The Kier molecular flexibility index (Phi) is 3.40. The minimum absolute atomic E-state index is 0.00685. The van der Waals surface area contributed by atoms with Gasteiger partial charge >= 0.3 is 0 Å². The molecule has 4 aliphatic carbocycles. The van der Waals surface area contributed by atoms with Gasteiger partial charge in [-0.1, -0.05) is 26.7 Å². The zero-order valence-corrected chi connectivity index (χ0v) is 14.4. The molecule has 0 aromatic carbocycles. The standard InChI is InChI=1S/C20H33NO/c1-19-11-4-7-15(19)14-9-8-13-5-3-6-17(18(21)22)20(13,2)16(14)10-12-19/h13-17H,3-12H2,1-2H3,(H2,21,22)/t13?,14-,15-,16+,17?,19-,20-/m0/s1. The average Bonchev–Trinajstić information content (AvgIpc) is 2.87. The van der Waals surface area contributed by atoms with Crippen molar-refractivity contribution in [3.05, 3.63) is 0 Å². The van der Waals surface area contributed by atoms with Crippen LogP contribution in [-0.4, -0.2) is 5.91 Å². The SMILES string of the molecule is C[C@@]12CCC[C@H]1[C@@H]1CCC3CCCC(C(N)=O)[C@]3(C)[C@@H]1CC2. The van der Waals surface area contributed by atoms with Crippen LogP contribution in [0, 0.1) is 40.4 Å². The average molecular weight is 303 g/mol. The Bertz CT molecular complexity index is 474. The zero-order valence-electron chi connectivity index (χ0n) is 14.4. The number of nitrogens with two attached hydrogens (primary N) is 1. The van der Waals surface area contributed by atoms with Gasteiger partial charge in [0, 0.05) is 5.92 Å². The second kappa shape index (κ2) is 4.98. The summed E-state index contributed by atoms with van der Waals surface area (Å²) in [6.07, 6.45) is 13.5. The molecule has 7 atom stereocenters. The summed E-state index contributed by atoms with van der Waals surface area (Å²) in [5.74, 6) is 3.46. The molecule has 4 rings (SSSR count). The highest BCUT2D eigenvalue weighted by Crippen LogP contribution is 2.67. The lowest BCUT2D eigenvalue weighted by atomic mass is 9.43. The summed E-state index contributed by atoms with van der Waals surface area (Å²) in [5, 5.41) is 0. The first-order chi connectivity index (χ1) is 10.5. The maximum Gasteiger partial charge on any atom is 0.221 e. The van der Waals surface area contributed by atoms with Crippen molar-refractivity contribution in [2.24, 2.45) is 46.2 Å². The molecule has 0 radical (unpaired) electrons. The molecular weight excluding hydrogens is 270 g/mol. The summed E-state index contributed by atoms with van der Waals surface area (Å²) in [7, 11) is 0. The molecule has 1 amide bonds. The van der Waals surface area contributed by atoms with E-state index >= 15 is 0 Å². The molecule has 0 saturated heterocycles. The smallest absolute Gasteiger partial charge is 0.221 e. The molecule has 0 aromatic heterocycles. The van der Waals surface area contributed by atoms with E-state index in [1.54, 1.807) is 0 Å². The topological polar surface area (TPSA) is 43.1 Å². The van der Waals surface area contributed by atoms with Gasteiger partial charge in [-0.2, -0.15) is 0 Å². The fourth-order valence-corrected chi connectivity index (χ4v) is 7.79. The molecule has 124 valence electrons. The van der Waals surface area contributed by atoms with Gasteiger partial charge in [0.1, 0.15) is 0 Å². The minimum Gasteiger partial charge on any atom is -0.369 e. The van der Waals surface area contributed by atoms with Crippen molar-refractivity contribution in [2.75, 3.05) is 0 Å². The number of hydrogen-bond acceptors (Lipinski definition) is 1. The molecule has 2 unspecified atom stereocenters. The van der Waals surface area contributed by atoms with E-state index in [0.29, 0.717) is 5.41 Å². The van der Waals surface area contributed by atoms with Crippen molar-refractivity contribution in [3.63, 3.8) is 0 Å². The molecule has 0 spiro atoms. The first kappa shape index (κ1) is 15.0. The van der Waals surface area contributed by atoms with Crippen LogP contribution in [0.2, 0.25) is 0 Å². The third-order valence-electron chi connectivity index (χ3n) is 8.89. The molecule has 4 fully saturated rings. The molecule has 4 saturated carbocycles. The maximum absolute atomic E-state index is 12.2. The van der Waals surface area contributed by atoms with E-state index in [-0.39, 0.29) is 17.2 Å². The number of amides is 1. The normalized spacial score (nSPS) is 54.2. The number of hydrogen-bond donors (Lipinski definition) is 1. The van der Waals surface area contributed by atoms with Gasteiger partial charge < -0.3 is 5.73 Å². The van der Waals surface area contributed by atoms with E-state index in [2.05, 4.69) is 13.8 Å². The first-order valence-corrected chi connectivity index (χ1v) is 9.76. The predicted molar refractivity (Wildman–Crippen MR) is 89.0 cm³/mol. The molecule has 0 aromatic rings. The fraction of sp³-hybridized carbons (Fsp3) is 0.950. The van der Waals surface area contributed by atoms with Crippen LogP contribution in [0.1, 0.15) is 78.1 Å². The van der Waals surface area contributed by atoms with E-state index in [9.17, 15) is 4.79 Å². The Hall–Kier alpha value is -0.530. The second-order valence-electron chi connectivity index (χ2n) is 9.49. The van der Waals surface area contributed by atoms with E-state index in [1.807, 2.05) is 0 Å². The van der Waals surface area contributed by atoms with Crippen LogP contribution in [0.5, 0.6) is 0 Å². The Morgan fingerprint density at radius 1 is 0.909 bits per heavy atom. The number of carbonyl (C=O) groups is 1. The van der Waals surface area contributed by atoms with Gasteiger partial charge in [-0.25, -0.2) is 0 Å². The summed E-state index contributed by atoms with van der Waals surface area (Å²) in [6, 6.07) is 0. The highest BCUT2D eigenvalue weighted by molar-refractivity contribution is 5.77. The lowest BCUT2D eigenvalue weighted by Gasteiger charge is -2.61. The van der Waals surface area contributed by atoms with Gasteiger partial charge in [-0.05, 0) is 85.9 Å². The second-order valence-corrected chi connectivity index (χ2v) is 9.49. The molecule has 22 heavy (non-hydrogen) atoms. The molecule has 2 N–H and O–H groups in total. The van der Waals surface area contributed by atoms with E-state index < -0.39 is 0 Å². The quantitative estimate of drug-likeness (QED) is 0.760. The minimum atomic E-state index is -0.00685. The van der Waals surface area contributed by atoms with Gasteiger partial charge in [-0.3, -0.25) is 4.79 Å². The summed E-state index contributed by atoms with van der Waals surface area (Å²) in [5.41, 5.74) is 6.69. The van der Waals surface area contributed by atoms with Crippen LogP contribution >= 0.6 is 0 Å². The summed E-state index contributed by atoms with van der Waals surface area (Å²) < 4.78 is 0.